The molecule has 4 aliphatic rings. The van der Waals surface area contributed by atoms with Crippen LogP contribution in [0.1, 0.15) is 86.5 Å². The molecular weight excluding hydrogens is 380 g/mol. The summed E-state index contributed by atoms with van der Waals surface area (Å²) in [5, 5.41) is 0. The van der Waals surface area contributed by atoms with E-state index in [9.17, 15) is 9.59 Å². The maximum Gasteiger partial charge on any atom is 0.182 e. The fraction of sp³-hybridized carbons (Fsp3) is 0.724. The lowest BCUT2D eigenvalue weighted by Crippen LogP contribution is -2.48. The quantitative estimate of drug-likeness (QED) is 0.442. The molecule has 7 atom stereocenters. The van der Waals surface area contributed by atoms with E-state index in [1.165, 1.54) is 31.3 Å². The molecule has 0 aromatic rings. The molecule has 31 heavy (non-hydrogen) atoms. The van der Waals surface area contributed by atoms with Crippen LogP contribution in [-0.2, 0) is 9.59 Å². The van der Waals surface area contributed by atoms with E-state index >= 15 is 0 Å². The second kappa shape index (κ2) is 8.16. The van der Waals surface area contributed by atoms with Gasteiger partial charge in [-0.2, -0.15) is 0 Å². The zero-order valence-electron chi connectivity index (χ0n) is 20.5. The van der Waals surface area contributed by atoms with Crippen LogP contribution in [0, 0.1) is 46.3 Å². The number of carbonyl (C=O) groups is 2. The number of hydrogen-bond donors (Lipinski definition) is 0. The molecule has 0 aromatic carbocycles. The van der Waals surface area contributed by atoms with Crippen LogP contribution in [0.25, 0.3) is 0 Å². The zero-order chi connectivity index (χ0) is 22.6. The van der Waals surface area contributed by atoms with Crippen LogP contribution in [0.4, 0.5) is 0 Å². The Morgan fingerprint density at radius 2 is 1.74 bits per heavy atom. The number of rotatable bonds is 5. The summed E-state index contributed by atoms with van der Waals surface area (Å²) in [6, 6.07) is 0. The highest BCUT2D eigenvalue weighted by Crippen LogP contribution is 2.65. The minimum absolute atomic E-state index is 0.116. The largest absolute Gasteiger partial charge is 0.295 e. The Kier molecular flexibility index (Phi) is 5.99. The molecule has 2 heteroatoms. The van der Waals surface area contributed by atoms with Gasteiger partial charge in [0.1, 0.15) is 0 Å². The van der Waals surface area contributed by atoms with Gasteiger partial charge in [0.05, 0.1) is 0 Å². The fourth-order valence-corrected chi connectivity index (χ4v) is 7.93. The molecule has 0 spiro atoms. The van der Waals surface area contributed by atoms with Crippen LogP contribution in [0.5, 0.6) is 0 Å². The molecular formula is C29H42O2. The summed E-state index contributed by atoms with van der Waals surface area (Å²) >= 11 is 0. The Morgan fingerprint density at radius 3 is 2.42 bits per heavy atom. The molecule has 0 unspecified atom stereocenters. The summed E-state index contributed by atoms with van der Waals surface area (Å²) in [6.07, 6.45) is 16.2. The minimum Gasteiger partial charge on any atom is -0.295 e. The third kappa shape index (κ3) is 3.62. The molecule has 0 aromatic heterocycles. The van der Waals surface area contributed by atoms with Crippen molar-refractivity contribution in [3.8, 4) is 0 Å². The first-order valence-electron chi connectivity index (χ1n) is 12.8. The number of carbonyl (C=O) groups excluding carboxylic acids is 2. The van der Waals surface area contributed by atoms with E-state index in [-0.39, 0.29) is 22.4 Å². The van der Waals surface area contributed by atoms with Gasteiger partial charge in [-0.05, 0) is 91.6 Å². The van der Waals surface area contributed by atoms with E-state index in [4.69, 9.17) is 0 Å². The van der Waals surface area contributed by atoms with Crippen LogP contribution in [-0.4, -0.2) is 11.6 Å². The average molecular weight is 423 g/mol. The van der Waals surface area contributed by atoms with E-state index in [0.29, 0.717) is 41.9 Å². The minimum atomic E-state index is -0.133. The fourth-order valence-electron chi connectivity index (χ4n) is 7.93. The molecule has 0 aliphatic heterocycles. The lowest BCUT2D eigenvalue weighted by molar-refractivity contribution is -0.119. The number of hydrogen-bond acceptors (Lipinski definition) is 2. The van der Waals surface area contributed by atoms with Crippen LogP contribution in [0.15, 0.2) is 35.5 Å². The van der Waals surface area contributed by atoms with Gasteiger partial charge in [0, 0.05) is 17.4 Å². The SMILES string of the molecule is CC[C@H](/C=C/[C@@H](C)[C@H]1CC[C@@H]2C3=CC(=O)C4=CC(=O)CC[C@]4(C)[C@H]3CC[C@@]21C)C(C)C. The Hall–Kier alpha value is -1.44. The predicted molar refractivity (Wildman–Crippen MR) is 127 cm³/mol. The monoisotopic (exact) mass is 422 g/mol. The molecule has 2 saturated carbocycles. The van der Waals surface area contributed by atoms with Crippen molar-refractivity contribution in [2.75, 3.05) is 0 Å². The van der Waals surface area contributed by atoms with E-state index in [2.05, 4.69) is 53.7 Å². The standard InChI is InChI=1S/C29H42O2/c1-7-20(18(2)3)9-8-19(4)23-10-11-24-22-17-27(31)26-16-21(30)12-14-29(26,6)25(22)13-15-28(23,24)5/h8-9,16-20,23-25H,7,10-15H2,1-6H3/b9-8+/t19-,20-,23-,24-,25+,28-,29-/m1/s1. The molecule has 0 radical (unpaired) electrons. The first kappa shape index (κ1) is 22.7. The molecule has 0 saturated heterocycles. The molecule has 0 heterocycles. The van der Waals surface area contributed by atoms with Crippen molar-refractivity contribution in [2.45, 2.75) is 86.5 Å². The van der Waals surface area contributed by atoms with Gasteiger partial charge < -0.3 is 0 Å². The molecule has 4 aliphatic carbocycles. The topological polar surface area (TPSA) is 34.1 Å². The predicted octanol–water partition coefficient (Wildman–Crippen LogP) is 7.11. The first-order chi connectivity index (χ1) is 14.6. The van der Waals surface area contributed by atoms with Crippen molar-refractivity contribution >= 4 is 11.6 Å². The maximum atomic E-state index is 13.1. The van der Waals surface area contributed by atoms with Crippen molar-refractivity contribution in [1.82, 2.24) is 0 Å². The summed E-state index contributed by atoms with van der Waals surface area (Å²) < 4.78 is 0. The summed E-state index contributed by atoms with van der Waals surface area (Å²) in [5.74, 6) is 3.85. The average Bonchev–Trinajstić information content (AvgIpc) is 3.07. The van der Waals surface area contributed by atoms with E-state index in [1.807, 2.05) is 6.08 Å². The van der Waals surface area contributed by atoms with Gasteiger partial charge in [-0.3, -0.25) is 9.59 Å². The molecule has 2 fully saturated rings. The second-order valence-electron chi connectivity index (χ2n) is 11.8. The van der Waals surface area contributed by atoms with Gasteiger partial charge in [-0.1, -0.05) is 59.3 Å². The summed E-state index contributed by atoms with van der Waals surface area (Å²) in [5.41, 5.74) is 2.38. The Bertz CT molecular complexity index is 843. The Balaban J connectivity index is 1.61. The highest BCUT2D eigenvalue weighted by atomic mass is 16.1. The lowest BCUT2D eigenvalue weighted by atomic mass is 9.49. The molecule has 170 valence electrons. The number of ketones is 2. The van der Waals surface area contributed by atoms with E-state index in [1.54, 1.807) is 6.08 Å². The molecule has 0 N–H and O–H groups in total. The van der Waals surface area contributed by atoms with Crippen molar-refractivity contribution < 1.29 is 9.59 Å². The van der Waals surface area contributed by atoms with Crippen molar-refractivity contribution in [2.24, 2.45) is 46.3 Å². The van der Waals surface area contributed by atoms with Crippen molar-refractivity contribution in [1.29, 1.82) is 0 Å². The van der Waals surface area contributed by atoms with Gasteiger partial charge in [0.25, 0.3) is 0 Å². The van der Waals surface area contributed by atoms with Gasteiger partial charge in [0.15, 0.2) is 11.6 Å². The van der Waals surface area contributed by atoms with Gasteiger partial charge in [-0.15, -0.1) is 0 Å². The molecule has 0 bridgehead atoms. The Morgan fingerprint density at radius 1 is 1.00 bits per heavy atom. The highest BCUT2D eigenvalue weighted by molar-refractivity contribution is 6.11. The van der Waals surface area contributed by atoms with Gasteiger partial charge in [-0.25, -0.2) is 0 Å². The number of fused-ring (bicyclic) bond motifs is 5. The third-order valence-electron chi connectivity index (χ3n) is 9.95. The highest BCUT2D eigenvalue weighted by Gasteiger charge is 2.58. The van der Waals surface area contributed by atoms with Crippen LogP contribution < -0.4 is 0 Å². The zero-order valence-corrected chi connectivity index (χ0v) is 20.5. The second-order valence-corrected chi connectivity index (χ2v) is 11.8. The number of allylic oxidation sites excluding steroid dienone is 6. The summed E-state index contributed by atoms with van der Waals surface area (Å²) in [7, 11) is 0. The van der Waals surface area contributed by atoms with Crippen LogP contribution >= 0.6 is 0 Å². The van der Waals surface area contributed by atoms with Crippen LogP contribution in [0.2, 0.25) is 0 Å². The normalized spacial score (nSPS) is 39.6. The van der Waals surface area contributed by atoms with E-state index < -0.39 is 0 Å². The van der Waals surface area contributed by atoms with Crippen molar-refractivity contribution in [3.63, 3.8) is 0 Å². The van der Waals surface area contributed by atoms with Crippen LogP contribution in [0.3, 0.4) is 0 Å². The van der Waals surface area contributed by atoms with Crippen molar-refractivity contribution in [3.05, 3.63) is 35.5 Å². The Labute approximate surface area is 189 Å². The van der Waals surface area contributed by atoms with Gasteiger partial charge in [0.2, 0.25) is 0 Å². The molecule has 0 amide bonds. The lowest BCUT2D eigenvalue weighted by Gasteiger charge is -2.54. The molecule has 4 rings (SSSR count). The third-order valence-corrected chi connectivity index (χ3v) is 9.95. The van der Waals surface area contributed by atoms with Gasteiger partial charge >= 0.3 is 0 Å². The molecule has 2 nitrogen and oxygen atoms in total. The summed E-state index contributed by atoms with van der Waals surface area (Å²) in [4.78, 5) is 25.1. The maximum absolute atomic E-state index is 13.1. The first-order valence-corrected chi connectivity index (χ1v) is 12.8. The van der Waals surface area contributed by atoms with E-state index in [0.717, 1.165) is 18.4 Å². The summed E-state index contributed by atoms with van der Waals surface area (Å²) in [6.45, 7) is 14.1. The smallest absolute Gasteiger partial charge is 0.182 e.